The highest BCUT2D eigenvalue weighted by Gasteiger charge is 2.28. The molecule has 3 N–H and O–H groups in total. The zero-order valence-electron chi connectivity index (χ0n) is 5.67. The molecule has 0 saturated heterocycles. The number of aliphatic hydroxyl groups is 3. The van der Waals surface area contributed by atoms with Gasteiger partial charge in [-0.15, -0.1) is 0 Å². The molecular weight excluding hydrogens is 135 g/mol. The van der Waals surface area contributed by atoms with E-state index in [0.29, 0.717) is 0 Å². The molecule has 0 heterocycles. The van der Waals surface area contributed by atoms with Crippen LogP contribution in [0.3, 0.4) is 0 Å². The molecule has 5 heteroatoms. The lowest BCUT2D eigenvalue weighted by Crippen LogP contribution is -2.48. The van der Waals surface area contributed by atoms with Crippen molar-refractivity contribution in [3.63, 3.8) is 0 Å². The van der Waals surface area contributed by atoms with Gasteiger partial charge in [0.25, 0.3) is 0 Å². The van der Waals surface area contributed by atoms with Crippen LogP contribution >= 0.6 is 0 Å². The second-order valence-corrected chi connectivity index (χ2v) is 6.98. The summed E-state index contributed by atoms with van der Waals surface area (Å²) in [4.78, 5) is 0. The van der Waals surface area contributed by atoms with Crippen LogP contribution in [-0.2, 0) is 0 Å². The topological polar surface area (TPSA) is 60.7 Å². The van der Waals surface area contributed by atoms with Crippen molar-refractivity contribution in [1.29, 1.82) is 0 Å². The molecule has 0 rings (SSSR count). The zero-order chi connectivity index (χ0) is 7.33. The van der Waals surface area contributed by atoms with Gasteiger partial charge in [-0.1, -0.05) is 5.94 Å². The maximum absolute atomic E-state index is 8.72. The Hall–Kier alpha value is 0.162. The van der Waals surface area contributed by atoms with Crippen molar-refractivity contribution in [1.82, 2.24) is 0 Å². The Labute approximate surface area is 56.7 Å². The molecular formula is C4H13BO3Si. The molecule has 0 aromatic rings. The van der Waals surface area contributed by atoms with Gasteiger partial charge in [0.15, 0.2) is 0 Å². The first-order chi connectivity index (χ1) is 4.24. The van der Waals surface area contributed by atoms with Gasteiger partial charge < -0.3 is 15.3 Å². The van der Waals surface area contributed by atoms with Crippen molar-refractivity contribution in [2.45, 2.75) is 5.94 Å². The van der Waals surface area contributed by atoms with Crippen LogP contribution in [-0.4, -0.2) is 49.9 Å². The van der Waals surface area contributed by atoms with Crippen molar-refractivity contribution in [3.05, 3.63) is 0 Å². The van der Waals surface area contributed by atoms with Crippen LogP contribution in [0.2, 0.25) is 5.94 Å². The third-order valence-electron chi connectivity index (χ3n) is 1.76. The van der Waals surface area contributed by atoms with Crippen LogP contribution < -0.4 is 0 Å². The van der Waals surface area contributed by atoms with Gasteiger partial charge in [-0.2, -0.15) is 0 Å². The summed E-state index contributed by atoms with van der Waals surface area (Å²) in [7, 11) is -0.141. The lowest BCUT2D eigenvalue weighted by Gasteiger charge is -2.21. The van der Waals surface area contributed by atoms with E-state index in [4.69, 9.17) is 15.3 Å². The summed E-state index contributed by atoms with van der Waals surface area (Å²) < 4.78 is 0. The summed E-state index contributed by atoms with van der Waals surface area (Å²) in [6, 6.07) is 0. The molecule has 0 radical (unpaired) electrons. The highest BCUT2D eigenvalue weighted by atomic mass is 28.3. The van der Waals surface area contributed by atoms with E-state index < -0.39 is 8.07 Å². The summed E-state index contributed by atoms with van der Waals surface area (Å²) in [5.74, 6) is 0.733. The minimum absolute atomic E-state index is 0.0174. The first kappa shape index (κ1) is 9.16. The molecule has 0 amide bonds. The van der Waals surface area contributed by atoms with Gasteiger partial charge in [-0.05, 0) is 0 Å². The standard InChI is InChI=1S/C4H13BO3Si/c5-1-9(2-6,3-7)4-8/h6-8H,1-5H2. The lowest BCUT2D eigenvalue weighted by atomic mass is 10.2. The van der Waals surface area contributed by atoms with Crippen LogP contribution in [0.5, 0.6) is 0 Å². The molecule has 0 aromatic heterocycles. The summed E-state index contributed by atoms with van der Waals surface area (Å²) in [6.45, 7) is 0. The third-order valence-corrected chi connectivity index (χ3v) is 5.27. The van der Waals surface area contributed by atoms with Gasteiger partial charge in [0.05, 0.1) is 7.85 Å². The van der Waals surface area contributed by atoms with Crippen molar-refractivity contribution in [3.8, 4) is 0 Å². The molecule has 0 aliphatic heterocycles. The Morgan fingerprint density at radius 3 is 1.33 bits per heavy atom. The van der Waals surface area contributed by atoms with Gasteiger partial charge in [0.1, 0.15) is 8.07 Å². The first-order valence-corrected chi connectivity index (χ1v) is 5.90. The molecule has 3 nitrogen and oxygen atoms in total. The molecule has 9 heavy (non-hydrogen) atoms. The molecule has 0 unspecified atom stereocenters. The SMILES string of the molecule is BC[Si](CO)(CO)CO. The fourth-order valence-corrected chi connectivity index (χ4v) is 1.46. The van der Waals surface area contributed by atoms with Gasteiger partial charge in [-0.25, -0.2) is 0 Å². The number of rotatable bonds is 4. The Kier molecular flexibility index (Phi) is 4.13. The van der Waals surface area contributed by atoms with Gasteiger partial charge in [-0.3, -0.25) is 0 Å². The van der Waals surface area contributed by atoms with Crippen LogP contribution in [0.4, 0.5) is 0 Å². The highest BCUT2D eigenvalue weighted by Crippen LogP contribution is 2.02. The number of hydrogen-bond donors (Lipinski definition) is 3. The Bertz CT molecular complexity index is 58.7. The minimum Gasteiger partial charge on any atom is -0.399 e. The van der Waals surface area contributed by atoms with E-state index in [-0.39, 0.29) is 18.7 Å². The van der Waals surface area contributed by atoms with E-state index in [1.54, 1.807) is 0 Å². The normalized spacial score (nSPS) is 11.9. The third kappa shape index (κ3) is 2.10. The molecule has 0 fully saturated rings. The van der Waals surface area contributed by atoms with Crippen LogP contribution in [0.15, 0.2) is 0 Å². The van der Waals surface area contributed by atoms with Crippen LogP contribution in [0.1, 0.15) is 0 Å². The van der Waals surface area contributed by atoms with E-state index in [2.05, 4.69) is 0 Å². The average Bonchev–Trinajstić information content (AvgIpc) is 1.95. The van der Waals surface area contributed by atoms with E-state index in [1.165, 1.54) is 0 Å². The molecule has 0 saturated carbocycles. The quantitative estimate of drug-likeness (QED) is 0.390. The maximum Gasteiger partial charge on any atom is 0.132 e. The van der Waals surface area contributed by atoms with E-state index in [1.807, 2.05) is 7.85 Å². The molecule has 0 bridgehead atoms. The summed E-state index contributed by atoms with van der Waals surface area (Å²) in [5.41, 5.74) is 0. The smallest absolute Gasteiger partial charge is 0.132 e. The van der Waals surface area contributed by atoms with E-state index in [9.17, 15) is 0 Å². The Balaban J connectivity index is 3.82. The molecule has 0 atom stereocenters. The fourth-order valence-electron chi connectivity index (χ4n) is 0.485. The van der Waals surface area contributed by atoms with Crippen LogP contribution in [0.25, 0.3) is 0 Å². The van der Waals surface area contributed by atoms with Gasteiger partial charge in [0, 0.05) is 18.7 Å². The van der Waals surface area contributed by atoms with Crippen LogP contribution in [0, 0.1) is 0 Å². The largest absolute Gasteiger partial charge is 0.399 e. The second-order valence-electron chi connectivity index (χ2n) is 2.33. The Morgan fingerprint density at radius 1 is 1.00 bits per heavy atom. The monoisotopic (exact) mass is 148 g/mol. The summed E-state index contributed by atoms with van der Waals surface area (Å²) in [5, 5.41) is 26.2. The summed E-state index contributed by atoms with van der Waals surface area (Å²) >= 11 is 0. The van der Waals surface area contributed by atoms with Crippen molar-refractivity contribution < 1.29 is 15.3 Å². The Morgan fingerprint density at radius 2 is 1.33 bits per heavy atom. The first-order valence-electron chi connectivity index (χ1n) is 3.07. The molecule has 0 spiro atoms. The average molecular weight is 148 g/mol. The van der Waals surface area contributed by atoms with E-state index in [0.717, 1.165) is 5.94 Å². The molecule has 0 aromatic carbocycles. The lowest BCUT2D eigenvalue weighted by molar-refractivity contribution is 0.289. The fraction of sp³-hybridized carbons (Fsp3) is 1.00. The van der Waals surface area contributed by atoms with Crippen molar-refractivity contribution in [2.75, 3.05) is 18.7 Å². The zero-order valence-corrected chi connectivity index (χ0v) is 6.67. The second kappa shape index (κ2) is 4.05. The predicted octanol–water partition coefficient (Wildman–Crippen LogP) is -2.38. The molecule has 0 aliphatic carbocycles. The van der Waals surface area contributed by atoms with Crippen molar-refractivity contribution >= 4 is 15.9 Å². The number of hydrogen-bond acceptors (Lipinski definition) is 3. The minimum atomic E-state index is -2.02. The van der Waals surface area contributed by atoms with Gasteiger partial charge in [0.2, 0.25) is 0 Å². The number of aliphatic hydroxyl groups excluding tert-OH is 3. The van der Waals surface area contributed by atoms with E-state index >= 15 is 0 Å². The maximum atomic E-state index is 8.72. The van der Waals surface area contributed by atoms with Crippen molar-refractivity contribution in [2.24, 2.45) is 0 Å². The van der Waals surface area contributed by atoms with Gasteiger partial charge >= 0.3 is 0 Å². The molecule has 54 valence electrons. The summed E-state index contributed by atoms with van der Waals surface area (Å²) in [6.07, 6.45) is -0.0521. The molecule has 0 aliphatic rings. The predicted molar refractivity (Wildman–Crippen MR) is 40.4 cm³/mol. The highest BCUT2D eigenvalue weighted by molar-refractivity contribution is 6.83.